The number of hydrogen-bond donors (Lipinski definition) is 0. The summed E-state index contributed by atoms with van der Waals surface area (Å²) in [5.74, 6) is 0.896. The molecule has 20 heavy (non-hydrogen) atoms. The Morgan fingerprint density at radius 3 is 2.40 bits per heavy atom. The number of ether oxygens (including phenoxy) is 1. The molecule has 2 rings (SSSR count). The zero-order valence-electron chi connectivity index (χ0n) is 12.6. The lowest BCUT2D eigenvalue weighted by atomic mass is 9.90. The number of piperidine rings is 1. The molecule has 1 unspecified atom stereocenters. The van der Waals surface area contributed by atoms with Gasteiger partial charge in [0.2, 0.25) is 0 Å². The number of nitrogens with zero attached hydrogens (tertiary/aromatic N) is 2. The summed E-state index contributed by atoms with van der Waals surface area (Å²) in [5, 5.41) is 9.62. The molecule has 0 bridgehead atoms. The van der Waals surface area contributed by atoms with Crippen molar-refractivity contribution >= 4 is 0 Å². The first-order chi connectivity index (χ1) is 9.68. The van der Waals surface area contributed by atoms with Crippen LogP contribution >= 0.6 is 0 Å². The minimum Gasteiger partial charge on any atom is -0.494 e. The second-order valence-electron chi connectivity index (χ2n) is 5.69. The number of likely N-dealkylation sites (tertiary alicyclic amines) is 1. The molecule has 0 radical (unpaired) electrons. The summed E-state index contributed by atoms with van der Waals surface area (Å²) in [4.78, 5) is 2.34. The van der Waals surface area contributed by atoms with Crippen LogP contribution in [0.15, 0.2) is 24.3 Å². The van der Waals surface area contributed by atoms with Crippen LogP contribution in [0.1, 0.15) is 38.7 Å². The zero-order valence-corrected chi connectivity index (χ0v) is 12.6. The molecule has 1 saturated heterocycles. The van der Waals surface area contributed by atoms with Gasteiger partial charge in [-0.1, -0.05) is 18.6 Å². The maximum atomic E-state index is 9.62. The number of rotatable bonds is 5. The molecular formula is C17H24N2O. The van der Waals surface area contributed by atoms with Crippen LogP contribution in [0.25, 0.3) is 0 Å². The first kappa shape index (κ1) is 14.9. The summed E-state index contributed by atoms with van der Waals surface area (Å²) < 4.78 is 5.46. The molecule has 1 aromatic rings. The average Bonchev–Trinajstić information content (AvgIpc) is 2.50. The Morgan fingerprint density at radius 1 is 1.20 bits per heavy atom. The van der Waals surface area contributed by atoms with Gasteiger partial charge in [-0.25, -0.2) is 0 Å². The maximum absolute atomic E-state index is 9.62. The molecule has 1 heterocycles. The Labute approximate surface area is 122 Å². The van der Waals surface area contributed by atoms with Crippen molar-refractivity contribution in [1.82, 2.24) is 4.90 Å². The average molecular weight is 272 g/mol. The van der Waals surface area contributed by atoms with Crippen LogP contribution < -0.4 is 4.74 Å². The minimum atomic E-state index is -0.395. The number of nitriles is 1. The van der Waals surface area contributed by atoms with E-state index in [4.69, 9.17) is 4.74 Å². The number of benzene rings is 1. The molecule has 1 atom stereocenters. The lowest BCUT2D eigenvalue weighted by Gasteiger charge is -2.38. The smallest absolute Gasteiger partial charge is 0.119 e. The topological polar surface area (TPSA) is 36.3 Å². The highest BCUT2D eigenvalue weighted by atomic mass is 16.5. The van der Waals surface area contributed by atoms with Gasteiger partial charge in [-0.15, -0.1) is 0 Å². The predicted molar refractivity (Wildman–Crippen MR) is 80.8 cm³/mol. The third-order valence-electron chi connectivity index (χ3n) is 4.08. The fourth-order valence-electron chi connectivity index (χ4n) is 2.88. The van der Waals surface area contributed by atoms with E-state index in [9.17, 15) is 5.26 Å². The molecule has 0 spiro atoms. The van der Waals surface area contributed by atoms with Gasteiger partial charge in [0.25, 0.3) is 0 Å². The molecule has 0 saturated carbocycles. The van der Waals surface area contributed by atoms with Crippen LogP contribution in [0.5, 0.6) is 5.75 Å². The molecule has 0 aromatic heterocycles. The van der Waals surface area contributed by atoms with Crippen molar-refractivity contribution in [2.24, 2.45) is 0 Å². The monoisotopic (exact) mass is 272 g/mol. The Hall–Kier alpha value is -1.53. The molecule has 108 valence electrons. The third kappa shape index (κ3) is 3.52. The van der Waals surface area contributed by atoms with E-state index in [0.717, 1.165) is 25.3 Å². The molecule has 0 amide bonds. The third-order valence-corrected chi connectivity index (χ3v) is 4.08. The molecular weight excluding hydrogens is 248 g/mol. The summed E-state index contributed by atoms with van der Waals surface area (Å²) in [6.07, 6.45) is 4.48. The number of hydrogen-bond acceptors (Lipinski definition) is 3. The van der Waals surface area contributed by atoms with E-state index in [1.54, 1.807) is 0 Å². The Morgan fingerprint density at radius 2 is 1.85 bits per heavy atom. The van der Waals surface area contributed by atoms with Crippen LogP contribution in [0, 0.1) is 11.3 Å². The van der Waals surface area contributed by atoms with E-state index in [1.165, 1.54) is 24.8 Å². The van der Waals surface area contributed by atoms with Crippen molar-refractivity contribution < 1.29 is 4.74 Å². The van der Waals surface area contributed by atoms with E-state index >= 15 is 0 Å². The zero-order chi connectivity index (χ0) is 14.4. The van der Waals surface area contributed by atoms with E-state index in [1.807, 2.05) is 19.1 Å². The molecule has 0 N–H and O–H groups in total. The van der Waals surface area contributed by atoms with Crippen LogP contribution in [0.2, 0.25) is 0 Å². The fraction of sp³-hybridized carbons (Fsp3) is 0.588. The summed E-state index contributed by atoms with van der Waals surface area (Å²) >= 11 is 0. The van der Waals surface area contributed by atoms with E-state index < -0.39 is 5.54 Å². The first-order valence-electron chi connectivity index (χ1n) is 7.56. The van der Waals surface area contributed by atoms with Crippen LogP contribution in [-0.4, -0.2) is 30.1 Å². The van der Waals surface area contributed by atoms with Crippen molar-refractivity contribution in [3.8, 4) is 11.8 Å². The van der Waals surface area contributed by atoms with Gasteiger partial charge in [0.1, 0.15) is 11.3 Å². The van der Waals surface area contributed by atoms with Crippen LogP contribution in [-0.2, 0) is 6.42 Å². The Bertz CT molecular complexity index is 457. The lowest BCUT2D eigenvalue weighted by Crippen LogP contribution is -2.49. The minimum absolute atomic E-state index is 0.395. The maximum Gasteiger partial charge on any atom is 0.119 e. The fourth-order valence-corrected chi connectivity index (χ4v) is 2.88. The van der Waals surface area contributed by atoms with Crippen molar-refractivity contribution in [2.45, 2.75) is 45.1 Å². The quantitative estimate of drug-likeness (QED) is 0.824. The van der Waals surface area contributed by atoms with Gasteiger partial charge in [0.15, 0.2) is 0 Å². The van der Waals surface area contributed by atoms with Gasteiger partial charge in [-0.05, 0) is 57.5 Å². The second-order valence-corrected chi connectivity index (χ2v) is 5.69. The molecule has 1 fully saturated rings. The SMILES string of the molecule is CCOc1ccc(CC(C)(C#N)N2CCCCC2)cc1. The summed E-state index contributed by atoms with van der Waals surface area (Å²) in [5.41, 5.74) is 0.802. The van der Waals surface area contributed by atoms with Gasteiger partial charge in [-0.3, -0.25) is 4.90 Å². The van der Waals surface area contributed by atoms with Crippen molar-refractivity contribution in [2.75, 3.05) is 19.7 Å². The first-order valence-corrected chi connectivity index (χ1v) is 7.56. The lowest BCUT2D eigenvalue weighted by molar-refractivity contribution is 0.124. The van der Waals surface area contributed by atoms with Gasteiger partial charge in [0.05, 0.1) is 12.7 Å². The van der Waals surface area contributed by atoms with Crippen molar-refractivity contribution in [3.05, 3.63) is 29.8 Å². The highest BCUT2D eigenvalue weighted by Crippen LogP contribution is 2.25. The summed E-state index contributed by atoms with van der Waals surface area (Å²) in [6, 6.07) is 10.7. The molecule has 3 nitrogen and oxygen atoms in total. The molecule has 0 aliphatic carbocycles. The second kappa shape index (κ2) is 6.76. The van der Waals surface area contributed by atoms with Gasteiger partial charge in [0, 0.05) is 6.42 Å². The normalized spacial score (nSPS) is 19.1. The molecule has 1 aliphatic rings. The highest BCUT2D eigenvalue weighted by Gasteiger charge is 2.32. The van der Waals surface area contributed by atoms with E-state index in [0.29, 0.717) is 6.61 Å². The Balaban J connectivity index is 2.06. The molecule has 3 heteroatoms. The summed E-state index contributed by atoms with van der Waals surface area (Å²) in [6.45, 7) is 6.82. The van der Waals surface area contributed by atoms with Gasteiger partial charge < -0.3 is 4.74 Å². The van der Waals surface area contributed by atoms with Gasteiger partial charge in [-0.2, -0.15) is 5.26 Å². The van der Waals surface area contributed by atoms with Crippen molar-refractivity contribution in [1.29, 1.82) is 5.26 Å². The van der Waals surface area contributed by atoms with Crippen LogP contribution in [0.4, 0.5) is 0 Å². The van der Waals surface area contributed by atoms with E-state index in [2.05, 4.69) is 30.0 Å². The predicted octanol–water partition coefficient (Wildman–Crippen LogP) is 3.40. The highest BCUT2D eigenvalue weighted by molar-refractivity contribution is 5.29. The largest absolute Gasteiger partial charge is 0.494 e. The standard InChI is InChI=1S/C17H24N2O/c1-3-20-16-9-7-15(8-10-16)13-17(2,14-18)19-11-5-4-6-12-19/h7-10H,3-6,11-13H2,1-2H3. The Kier molecular flexibility index (Phi) is 5.03. The van der Waals surface area contributed by atoms with E-state index in [-0.39, 0.29) is 0 Å². The van der Waals surface area contributed by atoms with Crippen LogP contribution in [0.3, 0.4) is 0 Å². The molecule has 1 aromatic carbocycles. The molecule has 1 aliphatic heterocycles. The van der Waals surface area contributed by atoms with Crippen molar-refractivity contribution in [3.63, 3.8) is 0 Å². The van der Waals surface area contributed by atoms with Gasteiger partial charge >= 0.3 is 0 Å². The summed E-state index contributed by atoms with van der Waals surface area (Å²) in [7, 11) is 0.